The lowest BCUT2D eigenvalue weighted by Gasteiger charge is -2.07. The molecule has 0 aliphatic rings. The fourth-order valence-electron chi connectivity index (χ4n) is 2.36. The Morgan fingerprint density at radius 3 is 2.50 bits per heavy atom. The van der Waals surface area contributed by atoms with Crippen molar-refractivity contribution >= 4 is 17.5 Å². The van der Waals surface area contributed by atoms with Gasteiger partial charge in [0.1, 0.15) is 11.3 Å². The Morgan fingerprint density at radius 2 is 1.85 bits per heavy atom. The van der Waals surface area contributed by atoms with Crippen LogP contribution in [0.1, 0.15) is 15.9 Å². The topological polar surface area (TPSA) is 84.1 Å². The van der Waals surface area contributed by atoms with Crippen molar-refractivity contribution in [2.24, 2.45) is 0 Å². The van der Waals surface area contributed by atoms with Crippen LogP contribution < -0.4 is 15.6 Å². The highest BCUT2D eigenvalue weighted by Gasteiger charge is 2.13. The second kappa shape index (κ2) is 7.84. The second-order valence-corrected chi connectivity index (χ2v) is 5.97. The van der Waals surface area contributed by atoms with Crippen LogP contribution in [0.5, 0.6) is 5.75 Å². The molecule has 0 atom stereocenters. The van der Waals surface area contributed by atoms with Crippen molar-refractivity contribution in [1.82, 2.24) is 15.5 Å². The lowest BCUT2D eigenvalue weighted by molar-refractivity contribution is 0.0949. The SMILES string of the molecule is COc1ccc(-c2cc(C(=O)NCc3ccc(Cl)cc3)c(=O)[nH]n2)cc1. The van der Waals surface area contributed by atoms with Crippen LogP contribution in [0.2, 0.25) is 5.02 Å². The largest absolute Gasteiger partial charge is 0.497 e. The molecule has 0 saturated heterocycles. The monoisotopic (exact) mass is 369 g/mol. The normalized spacial score (nSPS) is 10.4. The van der Waals surface area contributed by atoms with E-state index in [-0.39, 0.29) is 12.1 Å². The summed E-state index contributed by atoms with van der Waals surface area (Å²) in [7, 11) is 1.58. The number of ether oxygens (including phenoxy) is 1. The van der Waals surface area contributed by atoms with E-state index in [4.69, 9.17) is 16.3 Å². The smallest absolute Gasteiger partial charge is 0.277 e. The molecule has 0 bridgehead atoms. The average molecular weight is 370 g/mol. The third kappa shape index (κ3) is 4.10. The number of H-pyrrole nitrogens is 1. The van der Waals surface area contributed by atoms with Crippen LogP contribution >= 0.6 is 11.6 Å². The van der Waals surface area contributed by atoms with Crippen LogP contribution in [0.15, 0.2) is 59.4 Å². The Bertz CT molecular complexity index is 967. The first-order valence-corrected chi connectivity index (χ1v) is 8.21. The number of hydrogen-bond donors (Lipinski definition) is 2. The van der Waals surface area contributed by atoms with Crippen LogP contribution in [-0.2, 0) is 6.54 Å². The van der Waals surface area contributed by atoms with Crippen LogP contribution in [-0.4, -0.2) is 23.2 Å². The first kappa shape index (κ1) is 17.7. The molecule has 2 N–H and O–H groups in total. The molecule has 0 spiro atoms. The number of hydrogen-bond acceptors (Lipinski definition) is 4. The minimum atomic E-state index is -0.545. The zero-order chi connectivity index (χ0) is 18.5. The first-order valence-electron chi connectivity index (χ1n) is 7.83. The zero-order valence-electron chi connectivity index (χ0n) is 14.0. The molecule has 1 heterocycles. The number of nitrogens with one attached hydrogen (secondary N) is 2. The van der Waals surface area contributed by atoms with Crippen molar-refractivity contribution in [2.45, 2.75) is 6.54 Å². The summed E-state index contributed by atoms with van der Waals surface area (Å²) in [5, 5.41) is 9.71. The number of benzene rings is 2. The lowest BCUT2D eigenvalue weighted by atomic mass is 10.1. The Labute approximate surface area is 154 Å². The Kier molecular flexibility index (Phi) is 5.34. The summed E-state index contributed by atoms with van der Waals surface area (Å²) in [4.78, 5) is 24.4. The minimum Gasteiger partial charge on any atom is -0.497 e. The summed E-state index contributed by atoms with van der Waals surface area (Å²) < 4.78 is 5.12. The molecule has 3 aromatic rings. The third-order valence-electron chi connectivity index (χ3n) is 3.80. The van der Waals surface area contributed by atoms with Gasteiger partial charge < -0.3 is 10.1 Å². The number of aromatic amines is 1. The highest BCUT2D eigenvalue weighted by molar-refractivity contribution is 6.30. The van der Waals surface area contributed by atoms with Crippen LogP contribution in [0.25, 0.3) is 11.3 Å². The molecule has 1 aromatic heterocycles. The predicted molar refractivity (Wildman–Crippen MR) is 99.5 cm³/mol. The number of carbonyl (C=O) groups is 1. The molecule has 3 rings (SSSR count). The number of aromatic nitrogens is 2. The maximum Gasteiger partial charge on any atom is 0.277 e. The summed E-state index contributed by atoms with van der Waals surface area (Å²) >= 11 is 5.84. The second-order valence-electron chi connectivity index (χ2n) is 5.53. The van der Waals surface area contributed by atoms with Crippen molar-refractivity contribution in [1.29, 1.82) is 0 Å². The molecule has 0 aliphatic carbocycles. The van der Waals surface area contributed by atoms with Gasteiger partial charge >= 0.3 is 0 Å². The van der Waals surface area contributed by atoms with Gasteiger partial charge in [-0.15, -0.1) is 0 Å². The van der Waals surface area contributed by atoms with E-state index >= 15 is 0 Å². The molecule has 0 unspecified atom stereocenters. The molecule has 2 aromatic carbocycles. The van der Waals surface area contributed by atoms with E-state index in [1.54, 1.807) is 43.5 Å². The van der Waals surface area contributed by atoms with Crippen molar-refractivity contribution in [3.8, 4) is 17.0 Å². The van der Waals surface area contributed by atoms with Gasteiger partial charge in [0.15, 0.2) is 0 Å². The first-order chi connectivity index (χ1) is 12.6. The summed E-state index contributed by atoms with van der Waals surface area (Å²) in [6.45, 7) is 0.287. The molecular weight excluding hydrogens is 354 g/mol. The predicted octanol–water partition coefficient (Wildman–Crippen LogP) is 3.03. The zero-order valence-corrected chi connectivity index (χ0v) is 14.7. The number of nitrogens with zero attached hydrogens (tertiary/aromatic N) is 1. The number of halogens is 1. The van der Waals surface area contributed by atoms with Gasteiger partial charge in [-0.1, -0.05) is 23.7 Å². The minimum absolute atomic E-state index is 0.000202. The molecule has 0 fully saturated rings. The van der Waals surface area contributed by atoms with Crippen LogP contribution in [0, 0.1) is 0 Å². The van der Waals surface area contributed by atoms with Gasteiger partial charge in [-0.25, -0.2) is 5.10 Å². The summed E-state index contributed by atoms with van der Waals surface area (Å²) in [5.74, 6) is 0.234. The molecule has 132 valence electrons. The van der Waals surface area contributed by atoms with E-state index in [0.717, 1.165) is 11.1 Å². The van der Waals surface area contributed by atoms with E-state index in [1.807, 2.05) is 12.1 Å². The highest BCUT2D eigenvalue weighted by Crippen LogP contribution is 2.20. The van der Waals surface area contributed by atoms with Gasteiger partial charge in [0.25, 0.3) is 11.5 Å². The van der Waals surface area contributed by atoms with Crippen molar-refractivity contribution in [3.63, 3.8) is 0 Å². The Balaban J connectivity index is 1.78. The molecule has 6 nitrogen and oxygen atoms in total. The average Bonchev–Trinajstić information content (AvgIpc) is 2.68. The van der Waals surface area contributed by atoms with E-state index in [9.17, 15) is 9.59 Å². The number of carbonyl (C=O) groups excluding carboxylic acids is 1. The lowest BCUT2D eigenvalue weighted by Crippen LogP contribution is -2.29. The number of methoxy groups -OCH3 is 1. The molecular formula is C19H16ClN3O3. The van der Waals surface area contributed by atoms with E-state index in [2.05, 4.69) is 15.5 Å². The van der Waals surface area contributed by atoms with Gasteiger partial charge in [0.2, 0.25) is 0 Å². The van der Waals surface area contributed by atoms with Gasteiger partial charge in [-0.05, 0) is 48.0 Å². The molecule has 1 amide bonds. The van der Waals surface area contributed by atoms with Gasteiger partial charge in [-0.2, -0.15) is 5.10 Å². The van der Waals surface area contributed by atoms with Gasteiger partial charge in [0, 0.05) is 17.1 Å². The third-order valence-corrected chi connectivity index (χ3v) is 4.05. The summed E-state index contributed by atoms with van der Waals surface area (Å²) in [6.07, 6.45) is 0. The van der Waals surface area contributed by atoms with E-state index in [1.165, 1.54) is 6.07 Å². The molecule has 0 aliphatic heterocycles. The van der Waals surface area contributed by atoms with Crippen molar-refractivity contribution < 1.29 is 9.53 Å². The Morgan fingerprint density at radius 1 is 1.15 bits per heavy atom. The molecule has 0 saturated carbocycles. The summed E-state index contributed by atoms with van der Waals surface area (Å²) in [5.41, 5.74) is 1.58. The fourth-order valence-corrected chi connectivity index (χ4v) is 2.49. The van der Waals surface area contributed by atoms with Crippen molar-refractivity contribution in [3.05, 3.63) is 81.1 Å². The van der Waals surface area contributed by atoms with Crippen LogP contribution in [0.4, 0.5) is 0 Å². The maximum atomic E-state index is 12.4. The maximum absolute atomic E-state index is 12.4. The molecule has 7 heteroatoms. The van der Waals surface area contributed by atoms with Gasteiger partial charge in [0.05, 0.1) is 12.8 Å². The highest BCUT2D eigenvalue weighted by atomic mass is 35.5. The van der Waals surface area contributed by atoms with Gasteiger partial charge in [-0.3, -0.25) is 9.59 Å². The van der Waals surface area contributed by atoms with Crippen LogP contribution in [0.3, 0.4) is 0 Å². The standard InChI is InChI=1S/C19H16ClN3O3/c1-26-15-8-4-13(5-9-15)17-10-16(19(25)23-22-17)18(24)21-11-12-2-6-14(20)7-3-12/h2-10H,11H2,1H3,(H,21,24)(H,23,25). The Hall–Kier alpha value is -3.12. The van der Waals surface area contributed by atoms with Crippen molar-refractivity contribution in [2.75, 3.05) is 7.11 Å². The molecule has 0 radical (unpaired) electrons. The number of amides is 1. The quantitative estimate of drug-likeness (QED) is 0.724. The van der Waals surface area contributed by atoms with E-state index in [0.29, 0.717) is 16.5 Å². The summed E-state index contributed by atoms with van der Waals surface area (Å²) in [6, 6.07) is 15.7. The van der Waals surface area contributed by atoms with E-state index < -0.39 is 11.5 Å². The fraction of sp³-hybridized carbons (Fsp3) is 0.105. The number of rotatable bonds is 5. The molecule has 26 heavy (non-hydrogen) atoms.